The van der Waals surface area contributed by atoms with Gasteiger partial charge < -0.3 is 42.3 Å². The summed E-state index contributed by atoms with van der Waals surface area (Å²) in [6.45, 7) is 0.740. The summed E-state index contributed by atoms with van der Waals surface area (Å²) in [6, 6.07) is 8.19. The second-order valence-corrected chi connectivity index (χ2v) is 10.3. The molecule has 1 saturated heterocycles. The number of rotatable bonds is 14. The molecule has 4 atom stereocenters. The fourth-order valence-corrected chi connectivity index (χ4v) is 4.83. The van der Waals surface area contributed by atoms with Crippen LogP contribution in [0.2, 0.25) is 0 Å². The van der Waals surface area contributed by atoms with Crippen molar-refractivity contribution in [3.63, 3.8) is 0 Å². The molecule has 1 heterocycles. The summed E-state index contributed by atoms with van der Waals surface area (Å²) in [5.74, 6) is -2.73. The van der Waals surface area contributed by atoms with E-state index in [4.69, 9.17) is 11.5 Å². The van der Waals surface area contributed by atoms with Gasteiger partial charge in [0, 0.05) is 19.4 Å². The molecule has 4 unspecified atom stereocenters. The number of nitrogens with two attached hydrogens (primary N) is 2. The van der Waals surface area contributed by atoms with Crippen LogP contribution in [-0.4, -0.2) is 81.2 Å². The highest BCUT2D eigenvalue weighted by Gasteiger charge is 2.39. The molecule has 0 bridgehead atoms. The van der Waals surface area contributed by atoms with E-state index < -0.39 is 47.9 Å². The first kappa shape index (κ1) is 31.4. The van der Waals surface area contributed by atoms with Crippen LogP contribution in [0, 0.1) is 0 Å². The van der Waals surface area contributed by atoms with Crippen LogP contribution in [0.1, 0.15) is 43.2 Å². The molecule has 0 spiro atoms. The van der Waals surface area contributed by atoms with Gasteiger partial charge in [0.05, 0.1) is 6.04 Å². The zero-order valence-corrected chi connectivity index (χ0v) is 22.9. The number of carboxylic acids is 1. The SMILES string of the molecule is NCCCCC(N)C(=O)NC(Cc1ccc(O)cc1)C(=O)N1CCCC1C(=O)NC(Cc1ccc(O)cc1)C(=O)O. The molecule has 222 valence electrons. The lowest BCUT2D eigenvalue weighted by molar-refractivity contribution is -0.144. The highest BCUT2D eigenvalue weighted by atomic mass is 16.4. The quantitative estimate of drug-likeness (QED) is 0.157. The normalized spacial score (nSPS) is 16.9. The molecule has 12 nitrogen and oxygen atoms in total. The van der Waals surface area contributed by atoms with Crippen LogP contribution >= 0.6 is 0 Å². The lowest BCUT2D eigenvalue weighted by atomic mass is 10.0. The Morgan fingerprint density at radius 3 is 1.98 bits per heavy atom. The van der Waals surface area contributed by atoms with Gasteiger partial charge in [0.15, 0.2) is 0 Å². The number of unbranched alkanes of at least 4 members (excludes halogenated alkanes) is 1. The maximum absolute atomic E-state index is 13.8. The van der Waals surface area contributed by atoms with Gasteiger partial charge in [-0.05, 0) is 67.6 Å². The molecule has 12 heteroatoms. The van der Waals surface area contributed by atoms with Crippen LogP contribution in [0.4, 0.5) is 0 Å². The molecule has 0 saturated carbocycles. The van der Waals surface area contributed by atoms with Crippen molar-refractivity contribution < 1.29 is 34.5 Å². The maximum Gasteiger partial charge on any atom is 0.326 e. The third kappa shape index (κ3) is 9.19. The van der Waals surface area contributed by atoms with Gasteiger partial charge in [0.1, 0.15) is 29.6 Å². The molecule has 1 aliphatic rings. The number of hydrogen-bond acceptors (Lipinski definition) is 8. The molecule has 2 aromatic carbocycles. The molecule has 3 amide bonds. The van der Waals surface area contributed by atoms with Crippen LogP contribution in [0.15, 0.2) is 48.5 Å². The Labute approximate surface area is 238 Å². The van der Waals surface area contributed by atoms with Crippen molar-refractivity contribution in [2.45, 2.75) is 69.1 Å². The van der Waals surface area contributed by atoms with Gasteiger partial charge in [0.2, 0.25) is 17.7 Å². The van der Waals surface area contributed by atoms with E-state index in [9.17, 15) is 34.5 Å². The summed E-state index contributed by atoms with van der Waals surface area (Å²) in [7, 11) is 0. The standard InChI is InChI=1S/C29H39N5O7/c30-14-2-1-4-22(31)26(37)32-23(16-18-6-10-20(35)11-7-18)28(39)34-15-3-5-25(34)27(38)33-24(29(40)41)17-19-8-12-21(36)13-9-19/h6-13,22-25,35-36H,1-5,14-17,30-31H2,(H,32,37)(H,33,38)(H,40,41). The monoisotopic (exact) mass is 569 g/mol. The van der Waals surface area contributed by atoms with E-state index in [0.717, 1.165) is 0 Å². The van der Waals surface area contributed by atoms with Crippen molar-refractivity contribution in [3.05, 3.63) is 59.7 Å². The van der Waals surface area contributed by atoms with Gasteiger partial charge >= 0.3 is 5.97 Å². The number of carbonyl (C=O) groups is 4. The second-order valence-electron chi connectivity index (χ2n) is 10.3. The van der Waals surface area contributed by atoms with Gasteiger partial charge in [-0.1, -0.05) is 30.7 Å². The smallest absolute Gasteiger partial charge is 0.326 e. The fourth-order valence-electron chi connectivity index (χ4n) is 4.83. The Hall–Kier alpha value is -4.16. The molecule has 1 aliphatic heterocycles. The van der Waals surface area contributed by atoms with E-state index in [0.29, 0.717) is 49.8 Å². The molecular formula is C29H39N5O7. The molecule has 0 aliphatic carbocycles. The number of hydrogen-bond donors (Lipinski definition) is 7. The van der Waals surface area contributed by atoms with E-state index >= 15 is 0 Å². The maximum atomic E-state index is 13.8. The van der Waals surface area contributed by atoms with E-state index in [1.807, 2.05) is 0 Å². The first-order valence-electron chi connectivity index (χ1n) is 13.7. The number of nitrogens with zero attached hydrogens (tertiary/aromatic N) is 1. The molecule has 2 aromatic rings. The summed E-state index contributed by atoms with van der Waals surface area (Å²) >= 11 is 0. The third-order valence-corrected chi connectivity index (χ3v) is 7.13. The zero-order chi connectivity index (χ0) is 29.9. The van der Waals surface area contributed by atoms with Gasteiger partial charge in [-0.25, -0.2) is 4.79 Å². The van der Waals surface area contributed by atoms with E-state index in [2.05, 4.69) is 10.6 Å². The van der Waals surface area contributed by atoms with Crippen LogP contribution in [0.5, 0.6) is 11.5 Å². The minimum Gasteiger partial charge on any atom is -0.508 e. The predicted molar refractivity (Wildman–Crippen MR) is 151 cm³/mol. The average molecular weight is 570 g/mol. The number of carbonyl (C=O) groups excluding carboxylic acids is 3. The number of likely N-dealkylation sites (tertiary alicyclic amines) is 1. The largest absolute Gasteiger partial charge is 0.508 e. The molecular weight excluding hydrogens is 530 g/mol. The molecule has 0 aromatic heterocycles. The Morgan fingerprint density at radius 2 is 1.44 bits per heavy atom. The van der Waals surface area contributed by atoms with Crippen molar-refractivity contribution in [2.24, 2.45) is 11.5 Å². The Kier molecular flexibility index (Phi) is 11.5. The number of phenols is 2. The van der Waals surface area contributed by atoms with E-state index in [-0.39, 0.29) is 30.9 Å². The first-order valence-corrected chi connectivity index (χ1v) is 13.7. The minimum absolute atomic E-state index is 0.0103. The minimum atomic E-state index is -1.25. The van der Waals surface area contributed by atoms with Crippen molar-refractivity contribution in [3.8, 4) is 11.5 Å². The summed E-state index contributed by atoms with van der Waals surface area (Å²) in [4.78, 5) is 53.2. The Morgan fingerprint density at radius 1 is 0.878 bits per heavy atom. The zero-order valence-electron chi connectivity index (χ0n) is 22.9. The van der Waals surface area contributed by atoms with Crippen molar-refractivity contribution >= 4 is 23.7 Å². The van der Waals surface area contributed by atoms with E-state index in [1.54, 1.807) is 24.3 Å². The number of amides is 3. The topological polar surface area (TPSA) is 208 Å². The summed E-state index contributed by atoms with van der Waals surface area (Å²) < 4.78 is 0. The lowest BCUT2D eigenvalue weighted by Gasteiger charge is -2.30. The van der Waals surface area contributed by atoms with E-state index in [1.165, 1.54) is 29.2 Å². The fraction of sp³-hybridized carbons (Fsp3) is 0.448. The van der Waals surface area contributed by atoms with Crippen LogP contribution in [0.25, 0.3) is 0 Å². The predicted octanol–water partition coefficient (Wildman–Crippen LogP) is 0.385. The Bertz CT molecular complexity index is 1190. The molecule has 1 fully saturated rings. The second kappa shape index (κ2) is 15.0. The number of phenolic OH excluding ortho intramolecular Hbond substituents is 2. The Balaban J connectivity index is 1.74. The number of carboxylic acid groups (broad SMARTS) is 1. The number of aromatic hydroxyl groups is 2. The molecule has 41 heavy (non-hydrogen) atoms. The van der Waals surface area contributed by atoms with Gasteiger partial charge in [0.25, 0.3) is 0 Å². The molecule has 9 N–H and O–H groups in total. The number of nitrogens with one attached hydrogen (secondary N) is 2. The third-order valence-electron chi connectivity index (χ3n) is 7.13. The summed E-state index contributed by atoms with van der Waals surface area (Å²) in [5, 5.41) is 34.1. The van der Waals surface area contributed by atoms with Gasteiger partial charge in [-0.2, -0.15) is 0 Å². The highest BCUT2D eigenvalue weighted by Crippen LogP contribution is 2.21. The highest BCUT2D eigenvalue weighted by molar-refractivity contribution is 5.94. The first-order chi connectivity index (χ1) is 19.6. The van der Waals surface area contributed by atoms with Crippen molar-refractivity contribution in [1.82, 2.24) is 15.5 Å². The van der Waals surface area contributed by atoms with Crippen LogP contribution in [0.3, 0.4) is 0 Å². The lowest BCUT2D eigenvalue weighted by Crippen LogP contribution is -2.57. The van der Waals surface area contributed by atoms with Crippen LogP contribution < -0.4 is 22.1 Å². The van der Waals surface area contributed by atoms with Crippen molar-refractivity contribution in [1.29, 1.82) is 0 Å². The average Bonchev–Trinajstić information content (AvgIpc) is 3.44. The summed E-state index contributed by atoms with van der Waals surface area (Å²) in [5.41, 5.74) is 12.9. The van der Waals surface area contributed by atoms with Crippen molar-refractivity contribution in [2.75, 3.05) is 13.1 Å². The van der Waals surface area contributed by atoms with Gasteiger partial charge in [-0.3, -0.25) is 14.4 Å². The number of benzene rings is 2. The van der Waals surface area contributed by atoms with Gasteiger partial charge in [-0.15, -0.1) is 0 Å². The number of aliphatic carboxylic acids is 1. The molecule has 3 rings (SSSR count). The van der Waals surface area contributed by atoms with Crippen LogP contribution in [-0.2, 0) is 32.0 Å². The summed E-state index contributed by atoms with van der Waals surface area (Å²) in [6.07, 6.45) is 2.72. The molecule has 0 radical (unpaired) electrons.